The first kappa shape index (κ1) is 20.6. The fourth-order valence-corrected chi connectivity index (χ4v) is 5.30. The Labute approximate surface area is 169 Å². The molecule has 0 saturated heterocycles. The van der Waals surface area contributed by atoms with E-state index in [2.05, 4.69) is 0 Å². The van der Waals surface area contributed by atoms with Crippen LogP contribution in [0.15, 0.2) is 46.0 Å². The number of benzene rings is 1. The molecular weight excluding hydrogens is 400 g/mol. The van der Waals surface area contributed by atoms with Crippen LogP contribution in [0, 0.1) is 0 Å². The summed E-state index contributed by atoms with van der Waals surface area (Å²) in [6.45, 7) is 1.09. The highest BCUT2D eigenvalue weighted by Gasteiger charge is 2.24. The molecule has 2 heterocycles. The zero-order valence-corrected chi connectivity index (χ0v) is 17.5. The summed E-state index contributed by atoms with van der Waals surface area (Å²) in [5.41, 5.74) is 0. The number of hydrogen-bond donors (Lipinski definition) is 0. The van der Waals surface area contributed by atoms with Gasteiger partial charge in [-0.2, -0.15) is 0 Å². The van der Waals surface area contributed by atoms with Crippen LogP contribution in [0.3, 0.4) is 0 Å². The minimum Gasteiger partial charge on any atom is -0.486 e. The molecule has 7 nitrogen and oxygen atoms in total. The number of para-hydroxylation sites is 2. The number of amides is 1. The number of nitrogens with zero attached hydrogens (tertiary/aromatic N) is 2. The lowest BCUT2D eigenvalue weighted by atomic mass is 10.2. The number of sulfonamides is 1. The molecule has 9 heteroatoms. The van der Waals surface area contributed by atoms with Gasteiger partial charge in [0.05, 0.1) is 6.54 Å². The Morgan fingerprint density at radius 3 is 2.64 bits per heavy atom. The number of carbonyl (C=O) groups excluding carboxylic acids is 1. The second-order valence-electron chi connectivity index (χ2n) is 6.63. The first-order valence-corrected chi connectivity index (χ1v) is 11.3. The third kappa shape index (κ3) is 4.84. The lowest BCUT2D eigenvalue weighted by Gasteiger charge is -2.29. The zero-order chi connectivity index (χ0) is 20.1. The predicted molar refractivity (Wildman–Crippen MR) is 107 cm³/mol. The van der Waals surface area contributed by atoms with Crippen LogP contribution in [0.2, 0.25) is 0 Å². The molecule has 1 unspecified atom stereocenters. The molecule has 1 aromatic carbocycles. The van der Waals surface area contributed by atoms with Crippen molar-refractivity contribution in [3.8, 4) is 11.5 Å². The Kier molecular flexibility index (Phi) is 6.58. The van der Waals surface area contributed by atoms with Gasteiger partial charge in [0, 0.05) is 27.1 Å². The van der Waals surface area contributed by atoms with Crippen molar-refractivity contribution in [1.82, 2.24) is 9.21 Å². The first-order chi connectivity index (χ1) is 13.4. The Balaban J connectivity index is 1.44. The van der Waals surface area contributed by atoms with Gasteiger partial charge in [-0.3, -0.25) is 4.79 Å². The van der Waals surface area contributed by atoms with Gasteiger partial charge >= 0.3 is 0 Å². The standard InChI is InChI=1S/C19H24N2O5S2/c1-20(13-15-14-25-16-7-3-4-8-17(16)26-15)18(22)9-5-11-21(2)28(23,24)19-10-6-12-27-19/h3-4,6-8,10,12,15H,5,9,11,13-14H2,1-2H3. The maximum atomic E-state index is 12.4. The number of likely N-dealkylation sites (N-methyl/N-ethyl adjacent to an activating group) is 1. The van der Waals surface area contributed by atoms with Gasteiger partial charge in [0.2, 0.25) is 5.91 Å². The molecule has 0 bridgehead atoms. The van der Waals surface area contributed by atoms with Crippen LogP contribution < -0.4 is 9.47 Å². The van der Waals surface area contributed by atoms with E-state index in [0.29, 0.717) is 35.3 Å². The first-order valence-electron chi connectivity index (χ1n) is 9.00. The van der Waals surface area contributed by atoms with Crippen molar-refractivity contribution >= 4 is 27.3 Å². The SMILES string of the molecule is CN(CC1COc2ccccc2O1)C(=O)CCCN(C)S(=O)(=O)c1cccs1. The maximum absolute atomic E-state index is 12.4. The lowest BCUT2D eigenvalue weighted by molar-refractivity contribution is -0.131. The second-order valence-corrected chi connectivity index (χ2v) is 9.85. The molecule has 1 aromatic heterocycles. The highest BCUT2D eigenvalue weighted by atomic mass is 32.2. The van der Waals surface area contributed by atoms with E-state index in [4.69, 9.17) is 9.47 Å². The van der Waals surface area contributed by atoms with E-state index in [1.165, 1.54) is 22.7 Å². The molecule has 0 spiro atoms. The lowest BCUT2D eigenvalue weighted by Crippen LogP contribution is -2.42. The molecule has 2 aromatic rings. The van der Waals surface area contributed by atoms with Crippen LogP contribution in [0.1, 0.15) is 12.8 Å². The van der Waals surface area contributed by atoms with Crippen molar-refractivity contribution in [2.24, 2.45) is 0 Å². The number of rotatable bonds is 8. The van der Waals surface area contributed by atoms with Crippen LogP contribution in [0.4, 0.5) is 0 Å². The number of fused-ring (bicyclic) bond motifs is 1. The van der Waals surface area contributed by atoms with Crippen LogP contribution in [-0.2, 0) is 14.8 Å². The summed E-state index contributed by atoms with van der Waals surface area (Å²) < 4.78 is 37.9. The van der Waals surface area contributed by atoms with Crippen LogP contribution in [-0.4, -0.2) is 63.4 Å². The van der Waals surface area contributed by atoms with Crippen LogP contribution in [0.5, 0.6) is 11.5 Å². The molecule has 1 aliphatic rings. The summed E-state index contributed by atoms with van der Waals surface area (Å²) in [4.78, 5) is 14.0. The minimum absolute atomic E-state index is 0.0515. The molecule has 0 N–H and O–H groups in total. The van der Waals surface area contributed by atoms with Gasteiger partial charge in [-0.15, -0.1) is 11.3 Å². The van der Waals surface area contributed by atoms with Gasteiger partial charge in [-0.05, 0) is 30.0 Å². The van der Waals surface area contributed by atoms with Crippen molar-refractivity contribution in [1.29, 1.82) is 0 Å². The molecule has 3 rings (SSSR count). The van der Waals surface area contributed by atoms with Crippen molar-refractivity contribution in [2.45, 2.75) is 23.2 Å². The van der Waals surface area contributed by atoms with E-state index in [9.17, 15) is 13.2 Å². The normalized spacial score (nSPS) is 16.2. The van der Waals surface area contributed by atoms with E-state index in [1.807, 2.05) is 24.3 Å². The smallest absolute Gasteiger partial charge is 0.252 e. The van der Waals surface area contributed by atoms with Crippen LogP contribution >= 0.6 is 11.3 Å². The maximum Gasteiger partial charge on any atom is 0.252 e. The summed E-state index contributed by atoms with van der Waals surface area (Å²) in [6, 6.07) is 10.7. The topological polar surface area (TPSA) is 76.2 Å². The number of thiophene rings is 1. The third-order valence-electron chi connectivity index (χ3n) is 4.49. The molecule has 0 saturated carbocycles. The van der Waals surface area contributed by atoms with Crippen molar-refractivity contribution in [3.63, 3.8) is 0 Å². The van der Waals surface area contributed by atoms with Gasteiger partial charge < -0.3 is 14.4 Å². The molecule has 0 radical (unpaired) electrons. The van der Waals surface area contributed by atoms with Crippen molar-refractivity contribution in [3.05, 3.63) is 41.8 Å². The highest BCUT2D eigenvalue weighted by Crippen LogP contribution is 2.31. The third-order valence-corrected chi connectivity index (χ3v) is 7.72. The van der Waals surface area contributed by atoms with Gasteiger partial charge in [-0.1, -0.05) is 18.2 Å². The number of carbonyl (C=O) groups is 1. The van der Waals surface area contributed by atoms with E-state index < -0.39 is 10.0 Å². The fourth-order valence-electron chi connectivity index (χ4n) is 2.89. The summed E-state index contributed by atoms with van der Waals surface area (Å²) >= 11 is 1.19. The molecule has 0 aliphatic carbocycles. The molecule has 1 atom stereocenters. The molecular formula is C19H24N2O5S2. The van der Waals surface area contributed by atoms with Crippen LogP contribution in [0.25, 0.3) is 0 Å². The predicted octanol–water partition coefficient (Wildman–Crippen LogP) is 2.45. The fraction of sp³-hybridized carbons (Fsp3) is 0.421. The Morgan fingerprint density at radius 2 is 1.93 bits per heavy atom. The zero-order valence-electron chi connectivity index (χ0n) is 15.9. The van der Waals surface area contributed by atoms with Gasteiger partial charge in [0.15, 0.2) is 17.6 Å². The molecule has 1 aliphatic heterocycles. The average molecular weight is 425 g/mol. The summed E-state index contributed by atoms with van der Waals surface area (Å²) in [5.74, 6) is 1.34. The molecule has 28 heavy (non-hydrogen) atoms. The second kappa shape index (κ2) is 8.93. The Hall–Kier alpha value is -2.10. The molecule has 1 amide bonds. The summed E-state index contributed by atoms with van der Waals surface area (Å²) in [6.07, 6.45) is 0.492. The quantitative estimate of drug-likeness (QED) is 0.651. The van der Waals surface area contributed by atoms with Gasteiger partial charge in [0.1, 0.15) is 10.8 Å². The average Bonchev–Trinajstić information content (AvgIpc) is 3.23. The molecule has 0 fully saturated rings. The van der Waals surface area contributed by atoms with E-state index >= 15 is 0 Å². The largest absolute Gasteiger partial charge is 0.486 e. The van der Waals surface area contributed by atoms with Gasteiger partial charge in [-0.25, -0.2) is 12.7 Å². The van der Waals surface area contributed by atoms with E-state index in [1.54, 1.807) is 29.5 Å². The molecule has 152 valence electrons. The van der Waals surface area contributed by atoms with E-state index in [0.717, 1.165) is 0 Å². The minimum atomic E-state index is -3.47. The van der Waals surface area contributed by atoms with E-state index in [-0.39, 0.29) is 25.0 Å². The number of hydrogen-bond acceptors (Lipinski definition) is 6. The monoisotopic (exact) mass is 424 g/mol. The Bertz CT molecular complexity index is 899. The highest BCUT2D eigenvalue weighted by molar-refractivity contribution is 7.91. The summed E-state index contributed by atoms with van der Waals surface area (Å²) in [7, 11) is -0.218. The Morgan fingerprint density at radius 1 is 1.18 bits per heavy atom. The van der Waals surface area contributed by atoms with Crippen molar-refractivity contribution in [2.75, 3.05) is 33.8 Å². The number of ether oxygens (including phenoxy) is 2. The van der Waals surface area contributed by atoms with Gasteiger partial charge in [0.25, 0.3) is 10.0 Å². The van der Waals surface area contributed by atoms with Crippen molar-refractivity contribution < 1.29 is 22.7 Å². The summed E-state index contributed by atoms with van der Waals surface area (Å²) in [5, 5.41) is 1.73.